The van der Waals surface area contributed by atoms with E-state index in [1.807, 2.05) is 0 Å². The molecule has 0 unspecified atom stereocenters. The Morgan fingerprint density at radius 2 is 1.72 bits per heavy atom. The van der Waals surface area contributed by atoms with Crippen LogP contribution in [0.25, 0.3) is 0 Å². The number of carboxylic acids is 1. The molecule has 106 valence electrons. The first-order valence-corrected chi connectivity index (χ1v) is 6.61. The Balaban J connectivity index is 4.24. The first-order valence-electron chi connectivity index (χ1n) is 6.61. The summed E-state index contributed by atoms with van der Waals surface area (Å²) in [7, 11) is 0. The van der Waals surface area contributed by atoms with Crippen molar-refractivity contribution in [3.63, 3.8) is 0 Å². The van der Waals surface area contributed by atoms with Gasteiger partial charge in [0.25, 0.3) is 0 Å². The predicted octanol–water partition coefficient (Wildman–Crippen LogP) is 1.61. The first-order chi connectivity index (χ1) is 8.37. The Morgan fingerprint density at radius 1 is 1.17 bits per heavy atom. The molecule has 0 saturated carbocycles. The van der Waals surface area contributed by atoms with Crippen LogP contribution in [0.15, 0.2) is 0 Å². The van der Waals surface area contributed by atoms with Crippen LogP contribution < -0.4 is 5.73 Å². The van der Waals surface area contributed by atoms with Crippen LogP contribution in [0.2, 0.25) is 0 Å². The van der Waals surface area contributed by atoms with Crippen LogP contribution in [0.5, 0.6) is 0 Å². The van der Waals surface area contributed by atoms with Crippen molar-refractivity contribution in [3.05, 3.63) is 0 Å². The Hall–Kier alpha value is -1.10. The number of hydrogen-bond donors (Lipinski definition) is 2. The predicted molar refractivity (Wildman–Crippen MR) is 71.2 cm³/mol. The summed E-state index contributed by atoms with van der Waals surface area (Å²) in [6.45, 7) is 6.02. The van der Waals surface area contributed by atoms with E-state index in [1.54, 1.807) is 20.8 Å². The Morgan fingerprint density at radius 3 is 2.17 bits per heavy atom. The minimum Gasteiger partial charge on any atom is -0.480 e. The summed E-state index contributed by atoms with van der Waals surface area (Å²) in [6, 6.07) is 0. The molecular formula is C13H26N2O3. The van der Waals surface area contributed by atoms with Gasteiger partial charge in [0.1, 0.15) is 5.54 Å². The van der Waals surface area contributed by atoms with Crippen LogP contribution in [0.4, 0.5) is 0 Å². The lowest BCUT2D eigenvalue weighted by Gasteiger charge is -2.34. The van der Waals surface area contributed by atoms with Crippen molar-refractivity contribution in [2.24, 2.45) is 5.73 Å². The van der Waals surface area contributed by atoms with E-state index in [0.717, 1.165) is 25.7 Å². The van der Waals surface area contributed by atoms with Gasteiger partial charge in [-0.15, -0.1) is 0 Å². The van der Waals surface area contributed by atoms with E-state index in [-0.39, 0.29) is 5.91 Å². The summed E-state index contributed by atoms with van der Waals surface area (Å²) in [5.41, 5.74) is 4.25. The molecule has 0 heterocycles. The average molecular weight is 258 g/mol. The number of rotatable bonds is 9. The second kappa shape index (κ2) is 8.08. The number of nitrogens with two attached hydrogens (primary N) is 1. The van der Waals surface area contributed by atoms with Crippen LogP contribution in [0.3, 0.4) is 0 Å². The number of amides is 1. The van der Waals surface area contributed by atoms with Gasteiger partial charge in [-0.1, -0.05) is 12.8 Å². The minimum atomic E-state index is -1.14. The Kier molecular flexibility index (Phi) is 7.59. The highest BCUT2D eigenvalue weighted by Crippen LogP contribution is 2.17. The molecule has 18 heavy (non-hydrogen) atoms. The zero-order valence-corrected chi connectivity index (χ0v) is 11.7. The summed E-state index contributed by atoms with van der Waals surface area (Å²) in [5.74, 6) is -1.06. The number of carbonyl (C=O) groups excluding carboxylic acids is 1. The molecule has 0 aliphatic rings. The fourth-order valence-corrected chi connectivity index (χ4v) is 1.91. The van der Waals surface area contributed by atoms with E-state index in [9.17, 15) is 9.59 Å². The number of carboxylic acid groups (broad SMARTS) is 1. The van der Waals surface area contributed by atoms with Gasteiger partial charge in [0.05, 0.1) is 0 Å². The largest absolute Gasteiger partial charge is 0.480 e. The lowest BCUT2D eigenvalue weighted by Crippen LogP contribution is -2.52. The third-order valence-electron chi connectivity index (χ3n) is 3.16. The van der Waals surface area contributed by atoms with Gasteiger partial charge >= 0.3 is 5.97 Å². The molecule has 5 heteroatoms. The number of carbonyl (C=O) groups is 2. The van der Waals surface area contributed by atoms with E-state index in [0.29, 0.717) is 19.5 Å². The Bertz CT molecular complexity index is 277. The SMILES string of the molecule is CCN(C(=O)CCCCCCN)C(C)(C)C(=O)O. The number of aliphatic carboxylic acids is 1. The van der Waals surface area contributed by atoms with Crippen molar-refractivity contribution >= 4 is 11.9 Å². The summed E-state index contributed by atoms with van der Waals surface area (Å²) in [4.78, 5) is 24.6. The highest BCUT2D eigenvalue weighted by atomic mass is 16.4. The number of likely N-dealkylation sites (N-methyl/N-ethyl adjacent to an activating group) is 1. The summed E-state index contributed by atoms with van der Waals surface area (Å²) < 4.78 is 0. The van der Waals surface area contributed by atoms with Gasteiger partial charge in [-0.2, -0.15) is 0 Å². The first kappa shape index (κ1) is 16.9. The van der Waals surface area contributed by atoms with Gasteiger partial charge in [0.15, 0.2) is 0 Å². The molecule has 0 rings (SSSR count). The van der Waals surface area contributed by atoms with Crippen molar-refractivity contribution in [3.8, 4) is 0 Å². The van der Waals surface area contributed by atoms with E-state index >= 15 is 0 Å². The third kappa shape index (κ3) is 5.04. The smallest absolute Gasteiger partial charge is 0.329 e. The lowest BCUT2D eigenvalue weighted by molar-refractivity contribution is -0.156. The van der Waals surface area contributed by atoms with E-state index < -0.39 is 11.5 Å². The number of unbranched alkanes of at least 4 members (excludes halogenated alkanes) is 3. The second-order valence-corrected chi connectivity index (χ2v) is 4.96. The zero-order chi connectivity index (χ0) is 14.2. The fraction of sp³-hybridized carbons (Fsp3) is 0.846. The molecule has 0 aromatic rings. The molecule has 0 aliphatic heterocycles. The molecule has 3 N–H and O–H groups in total. The van der Waals surface area contributed by atoms with Crippen LogP contribution in [0.1, 0.15) is 52.9 Å². The normalized spacial score (nSPS) is 11.3. The van der Waals surface area contributed by atoms with Crippen LogP contribution in [0, 0.1) is 0 Å². The van der Waals surface area contributed by atoms with Crippen molar-refractivity contribution in [2.45, 2.75) is 58.4 Å². The van der Waals surface area contributed by atoms with Crippen LogP contribution >= 0.6 is 0 Å². The quantitative estimate of drug-likeness (QED) is 0.615. The van der Waals surface area contributed by atoms with Gasteiger partial charge < -0.3 is 15.7 Å². The standard InChI is InChI=1S/C13H26N2O3/c1-4-15(13(2,3)12(17)18)11(16)9-7-5-6-8-10-14/h4-10,14H2,1-3H3,(H,17,18). The summed E-state index contributed by atoms with van der Waals surface area (Å²) >= 11 is 0. The molecule has 1 amide bonds. The summed E-state index contributed by atoms with van der Waals surface area (Å²) in [6.07, 6.45) is 4.18. The second-order valence-electron chi connectivity index (χ2n) is 4.96. The maximum atomic E-state index is 12.0. The van der Waals surface area contributed by atoms with E-state index in [4.69, 9.17) is 10.8 Å². The fourth-order valence-electron chi connectivity index (χ4n) is 1.91. The molecule has 0 saturated heterocycles. The maximum Gasteiger partial charge on any atom is 0.329 e. The van der Waals surface area contributed by atoms with E-state index in [2.05, 4.69) is 0 Å². The van der Waals surface area contributed by atoms with Gasteiger partial charge in [-0.05, 0) is 40.2 Å². The van der Waals surface area contributed by atoms with Gasteiger partial charge in [-0.3, -0.25) is 4.79 Å². The molecule has 0 aromatic heterocycles. The molecule has 0 aromatic carbocycles. The number of hydrogen-bond acceptors (Lipinski definition) is 3. The summed E-state index contributed by atoms with van der Waals surface area (Å²) in [5, 5.41) is 9.13. The van der Waals surface area contributed by atoms with Crippen LogP contribution in [-0.4, -0.2) is 40.5 Å². The van der Waals surface area contributed by atoms with Gasteiger partial charge in [0, 0.05) is 13.0 Å². The topological polar surface area (TPSA) is 83.6 Å². The molecule has 0 bridgehead atoms. The monoisotopic (exact) mass is 258 g/mol. The van der Waals surface area contributed by atoms with Crippen molar-refractivity contribution < 1.29 is 14.7 Å². The van der Waals surface area contributed by atoms with Crippen LogP contribution in [-0.2, 0) is 9.59 Å². The Labute approximate surface area is 109 Å². The van der Waals surface area contributed by atoms with Gasteiger partial charge in [-0.25, -0.2) is 4.79 Å². The molecule has 0 radical (unpaired) electrons. The van der Waals surface area contributed by atoms with E-state index in [1.165, 1.54) is 4.90 Å². The van der Waals surface area contributed by atoms with Gasteiger partial charge in [0.2, 0.25) is 5.91 Å². The zero-order valence-electron chi connectivity index (χ0n) is 11.7. The molecular weight excluding hydrogens is 232 g/mol. The number of nitrogens with zero attached hydrogens (tertiary/aromatic N) is 1. The van der Waals surface area contributed by atoms with Crippen molar-refractivity contribution in [2.75, 3.05) is 13.1 Å². The highest BCUT2D eigenvalue weighted by molar-refractivity contribution is 5.86. The third-order valence-corrected chi connectivity index (χ3v) is 3.16. The molecule has 0 atom stereocenters. The minimum absolute atomic E-state index is 0.0855. The molecule has 0 fully saturated rings. The lowest BCUT2D eigenvalue weighted by atomic mass is 10.0. The van der Waals surface area contributed by atoms with Crippen molar-refractivity contribution in [1.82, 2.24) is 4.90 Å². The molecule has 0 aliphatic carbocycles. The van der Waals surface area contributed by atoms with Crippen molar-refractivity contribution in [1.29, 1.82) is 0 Å². The molecule has 0 spiro atoms. The molecule has 5 nitrogen and oxygen atoms in total. The average Bonchev–Trinajstić information content (AvgIpc) is 2.29. The highest BCUT2D eigenvalue weighted by Gasteiger charge is 2.36. The maximum absolute atomic E-state index is 12.0.